The number of nitrogens with zero attached hydrogens (tertiary/aromatic N) is 2. The number of likely N-dealkylation sites (tertiary alicyclic amines) is 1. The highest BCUT2D eigenvalue weighted by molar-refractivity contribution is 6.46. The maximum atomic E-state index is 12.9. The number of aliphatic hydroxyl groups excluding tert-OH is 1. The highest BCUT2D eigenvalue weighted by Gasteiger charge is 2.46. The smallest absolute Gasteiger partial charge is 0.295 e. The molecule has 0 bridgehead atoms. The first-order valence-corrected chi connectivity index (χ1v) is 9.45. The predicted molar refractivity (Wildman–Crippen MR) is 108 cm³/mol. The quantitative estimate of drug-likeness (QED) is 0.261. The van der Waals surface area contributed by atoms with E-state index in [-0.39, 0.29) is 16.8 Å². The lowest BCUT2D eigenvalue weighted by Crippen LogP contribution is -2.30. The topological polar surface area (TPSA) is 101 Å². The van der Waals surface area contributed by atoms with Crippen LogP contribution in [0.2, 0.25) is 0 Å². The van der Waals surface area contributed by atoms with Crippen LogP contribution in [-0.2, 0) is 9.59 Å². The molecule has 7 nitrogen and oxygen atoms in total. The van der Waals surface area contributed by atoms with Gasteiger partial charge < -0.3 is 10.0 Å². The Morgan fingerprint density at radius 2 is 1.90 bits per heavy atom. The molecular weight excluding hydrogens is 372 g/mol. The van der Waals surface area contributed by atoms with Gasteiger partial charge in [0.1, 0.15) is 5.76 Å². The Labute approximate surface area is 168 Å². The van der Waals surface area contributed by atoms with Crippen LogP contribution in [0.1, 0.15) is 42.5 Å². The summed E-state index contributed by atoms with van der Waals surface area (Å²) in [6.07, 6.45) is 1.56. The second-order valence-electron chi connectivity index (χ2n) is 7.01. The van der Waals surface area contributed by atoms with Crippen molar-refractivity contribution in [3.8, 4) is 0 Å². The van der Waals surface area contributed by atoms with E-state index in [1.807, 2.05) is 38.1 Å². The Morgan fingerprint density at radius 1 is 1.17 bits per heavy atom. The maximum Gasteiger partial charge on any atom is 0.295 e. The fraction of sp³-hybridized carbons (Fsp3) is 0.273. The number of unbranched alkanes of at least 4 members (excludes halogenated alkanes) is 1. The molecule has 1 saturated heterocycles. The molecule has 0 spiro atoms. The Kier molecular flexibility index (Phi) is 5.77. The zero-order valence-corrected chi connectivity index (χ0v) is 16.3. The molecule has 0 aliphatic carbocycles. The van der Waals surface area contributed by atoms with Crippen molar-refractivity contribution >= 4 is 23.1 Å². The number of carbonyl (C=O) groups is 2. The van der Waals surface area contributed by atoms with Gasteiger partial charge in [-0.1, -0.05) is 49.7 Å². The molecule has 1 N–H and O–H groups in total. The van der Waals surface area contributed by atoms with E-state index in [9.17, 15) is 24.8 Å². The lowest BCUT2D eigenvalue weighted by atomic mass is 9.92. The number of non-ortho nitro benzene ring substituents is 1. The van der Waals surface area contributed by atoms with Gasteiger partial charge in [-0.3, -0.25) is 19.7 Å². The van der Waals surface area contributed by atoms with Crippen molar-refractivity contribution in [2.75, 3.05) is 6.54 Å². The lowest BCUT2D eigenvalue weighted by molar-refractivity contribution is -0.384. The average Bonchev–Trinajstić information content (AvgIpc) is 2.96. The summed E-state index contributed by atoms with van der Waals surface area (Å²) >= 11 is 0. The fourth-order valence-corrected chi connectivity index (χ4v) is 3.58. The molecule has 29 heavy (non-hydrogen) atoms. The first-order valence-electron chi connectivity index (χ1n) is 9.45. The summed E-state index contributed by atoms with van der Waals surface area (Å²) in [6.45, 7) is 4.25. The molecule has 0 aromatic heterocycles. The van der Waals surface area contributed by atoms with Crippen molar-refractivity contribution in [2.45, 2.75) is 32.7 Å². The zero-order valence-electron chi connectivity index (χ0n) is 16.3. The molecule has 7 heteroatoms. The van der Waals surface area contributed by atoms with E-state index in [1.165, 1.54) is 29.2 Å². The standard InChI is InChI=1S/C22H22N2O5/c1-3-4-12-23-19(17-11-6-5-8-14(17)2)18(21(26)22(23)27)20(25)15-9-7-10-16(13-15)24(28)29/h5-11,13,19,25H,3-4,12H2,1-2H3/b20-18+. The number of nitro benzene ring substituents is 1. The van der Waals surface area contributed by atoms with Gasteiger partial charge in [-0.2, -0.15) is 0 Å². The highest BCUT2D eigenvalue weighted by Crippen LogP contribution is 2.40. The van der Waals surface area contributed by atoms with Gasteiger partial charge in [-0.05, 0) is 24.5 Å². The van der Waals surface area contributed by atoms with Gasteiger partial charge in [0.25, 0.3) is 17.4 Å². The number of hydrogen-bond donors (Lipinski definition) is 1. The fourth-order valence-electron chi connectivity index (χ4n) is 3.58. The van der Waals surface area contributed by atoms with E-state index < -0.39 is 28.4 Å². The molecule has 150 valence electrons. The number of amides is 1. The number of carbonyl (C=O) groups excluding carboxylic acids is 2. The van der Waals surface area contributed by atoms with Crippen LogP contribution in [0.5, 0.6) is 0 Å². The SMILES string of the molecule is CCCCN1C(=O)C(=O)/C(=C(/O)c2cccc([N+](=O)[O-])c2)C1c1ccccc1C. The molecule has 0 radical (unpaired) electrons. The van der Waals surface area contributed by atoms with Crippen LogP contribution in [-0.4, -0.2) is 33.2 Å². The first-order chi connectivity index (χ1) is 13.9. The highest BCUT2D eigenvalue weighted by atomic mass is 16.6. The number of Topliss-reactive ketones (excluding diaryl/α,β-unsaturated/α-hetero) is 1. The normalized spacial score (nSPS) is 18.3. The van der Waals surface area contributed by atoms with Crippen molar-refractivity contribution in [3.63, 3.8) is 0 Å². The first kappa shape index (κ1) is 20.3. The van der Waals surface area contributed by atoms with Crippen LogP contribution in [0.25, 0.3) is 5.76 Å². The van der Waals surface area contributed by atoms with Crippen LogP contribution in [0.4, 0.5) is 5.69 Å². The molecule has 1 aliphatic rings. The zero-order chi connectivity index (χ0) is 21.1. The molecule has 1 aliphatic heterocycles. The number of aryl methyl sites for hydroxylation is 1. The minimum absolute atomic E-state index is 0.0408. The summed E-state index contributed by atoms with van der Waals surface area (Å²) in [5, 5.41) is 22.0. The Morgan fingerprint density at radius 3 is 2.55 bits per heavy atom. The second kappa shape index (κ2) is 8.26. The van der Waals surface area contributed by atoms with Crippen LogP contribution < -0.4 is 0 Å². The van der Waals surface area contributed by atoms with Crippen molar-refractivity contribution in [1.29, 1.82) is 0 Å². The van der Waals surface area contributed by atoms with Crippen LogP contribution in [0.3, 0.4) is 0 Å². The van der Waals surface area contributed by atoms with E-state index in [4.69, 9.17) is 0 Å². The van der Waals surface area contributed by atoms with Crippen LogP contribution >= 0.6 is 0 Å². The van der Waals surface area contributed by atoms with Gasteiger partial charge in [0, 0.05) is 24.2 Å². The molecule has 2 aromatic rings. The number of nitro groups is 1. The lowest BCUT2D eigenvalue weighted by Gasteiger charge is -2.26. The molecular formula is C22H22N2O5. The van der Waals surface area contributed by atoms with E-state index in [1.54, 1.807) is 0 Å². The van der Waals surface area contributed by atoms with Gasteiger partial charge >= 0.3 is 0 Å². The minimum atomic E-state index is -0.779. The summed E-state index contributed by atoms with van der Waals surface area (Å²) in [6, 6.07) is 12.1. The molecule has 0 saturated carbocycles. The Balaban J connectivity index is 2.20. The number of aliphatic hydroxyl groups is 1. The maximum absolute atomic E-state index is 12.9. The number of ketones is 1. The summed E-state index contributed by atoms with van der Waals surface area (Å²) < 4.78 is 0. The van der Waals surface area contributed by atoms with Crippen LogP contribution in [0.15, 0.2) is 54.1 Å². The molecule has 1 unspecified atom stereocenters. The molecule has 2 aromatic carbocycles. The van der Waals surface area contributed by atoms with Gasteiger partial charge in [-0.25, -0.2) is 0 Å². The monoisotopic (exact) mass is 394 g/mol. The van der Waals surface area contributed by atoms with Crippen LogP contribution in [0, 0.1) is 17.0 Å². The largest absolute Gasteiger partial charge is 0.507 e. The van der Waals surface area contributed by atoms with Crippen molar-refractivity contribution < 1.29 is 19.6 Å². The summed E-state index contributed by atoms with van der Waals surface area (Å²) in [4.78, 5) is 37.6. The van der Waals surface area contributed by atoms with E-state index in [2.05, 4.69) is 0 Å². The number of rotatable bonds is 6. The van der Waals surface area contributed by atoms with Crippen molar-refractivity contribution in [1.82, 2.24) is 4.90 Å². The number of hydrogen-bond acceptors (Lipinski definition) is 5. The molecule has 1 fully saturated rings. The molecule has 1 heterocycles. The molecule has 3 rings (SSSR count). The average molecular weight is 394 g/mol. The van der Waals surface area contributed by atoms with Gasteiger partial charge in [0.05, 0.1) is 16.5 Å². The van der Waals surface area contributed by atoms with Gasteiger partial charge in [0.15, 0.2) is 0 Å². The predicted octanol–water partition coefficient (Wildman–Crippen LogP) is 4.13. The van der Waals surface area contributed by atoms with E-state index in [0.717, 1.165) is 17.5 Å². The second-order valence-corrected chi connectivity index (χ2v) is 7.01. The number of benzene rings is 2. The third-order valence-corrected chi connectivity index (χ3v) is 5.11. The molecule has 1 amide bonds. The third kappa shape index (κ3) is 3.76. The van der Waals surface area contributed by atoms with E-state index >= 15 is 0 Å². The van der Waals surface area contributed by atoms with Crippen molar-refractivity contribution in [3.05, 3.63) is 80.9 Å². The summed E-state index contributed by atoms with van der Waals surface area (Å²) in [5.74, 6) is -1.85. The van der Waals surface area contributed by atoms with Gasteiger partial charge in [0.2, 0.25) is 0 Å². The van der Waals surface area contributed by atoms with Crippen molar-refractivity contribution in [2.24, 2.45) is 0 Å². The third-order valence-electron chi connectivity index (χ3n) is 5.11. The summed E-state index contributed by atoms with van der Waals surface area (Å²) in [5.41, 5.74) is 1.51. The minimum Gasteiger partial charge on any atom is -0.507 e. The Hall–Kier alpha value is -3.48. The Bertz CT molecular complexity index is 1010. The van der Waals surface area contributed by atoms with E-state index in [0.29, 0.717) is 13.0 Å². The van der Waals surface area contributed by atoms with Gasteiger partial charge in [-0.15, -0.1) is 0 Å². The summed E-state index contributed by atoms with van der Waals surface area (Å²) in [7, 11) is 0. The molecule has 1 atom stereocenters.